The van der Waals surface area contributed by atoms with Crippen molar-refractivity contribution >= 4 is 47.6 Å². The van der Waals surface area contributed by atoms with Crippen LogP contribution in [0.15, 0.2) is 24.3 Å². The van der Waals surface area contributed by atoms with E-state index in [9.17, 15) is 9.59 Å². The average molecular weight is 404 g/mol. The van der Waals surface area contributed by atoms with Gasteiger partial charge in [0.1, 0.15) is 6.04 Å². The first-order valence-electron chi connectivity index (χ1n) is 8.16. The van der Waals surface area contributed by atoms with Crippen molar-refractivity contribution in [1.82, 2.24) is 9.80 Å². The SMILES string of the molecule is CC1CC(CN)CN1C(=O)C1CSCN1C(=O)c1ccc(Cl)cc1.Cl. The summed E-state index contributed by atoms with van der Waals surface area (Å²) in [5, 5.41) is 0.591. The van der Waals surface area contributed by atoms with Gasteiger partial charge in [-0.05, 0) is 50.1 Å². The van der Waals surface area contributed by atoms with E-state index in [0.29, 0.717) is 41.2 Å². The highest BCUT2D eigenvalue weighted by Crippen LogP contribution is 2.29. The van der Waals surface area contributed by atoms with Crippen molar-refractivity contribution in [3.05, 3.63) is 34.9 Å². The first-order valence-corrected chi connectivity index (χ1v) is 9.69. The number of nitrogens with two attached hydrogens (primary N) is 1. The van der Waals surface area contributed by atoms with Crippen LogP contribution in [0.2, 0.25) is 5.02 Å². The molecule has 8 heteroatoms. The Hall–Kier alpha value is -0.950. The third-order valence-electron chi connectivity index (χ3n) is 4.80. The molecular formula is C17H23Cl2N3O2S. The van der Waals surface area contributed by atoms with E-state index in [1.165, 1.54) is 0 Å². The summed E-state index contributed by atoms with van der Waals surface area (Å²) in [6.07, 6.45) is 0.938. The van der Waals surface area contributed by atoms with Crippen LogP contribution in [-0.2, 0) is 4.79 Å². The van der Waals surface area contributed by atoms with Crippen LogP contribution in [0.3, 0.4) is 0 Å². The topological polar surface area (TPSA) is 66.6 Å². The molecule has 3 rings (SSSR count). The van der Waals surface area contributed by atoms with Gasteiger partial charge in [0.25, 0.3) is 5.91 Å². The lowest BCUT2D eigenvalue weighted by atomic mass is 10.1. The normalized spacial score (nSPS) is 25.8. The number of halogens is 2. The fourth-order valence-electron chi connectivity index (χ4n) is 3.42. The molecule has 0 bridgehead atoms. The van der Waals surface area contributed by atoms with Gasteiger partial charge in [-0.3, -0.25) is 9.59 Å². The highest BCUT2D eigenvalue weighted by molar-refractivity contribution is 7.99. The van der Waals surface area contributed by atoms with Crippen molar-refractivity contribution < 1.29 is 9.59 Å². The summed E-state index contributed by atoms with van der Waals surface area (Å²) < 4.78 is 0. The molecule has 3 unspecified atom stereocenters. The van der Waals surface area contributed by atoms with E-state index in [0.717, 1.165) is 6.42 Å². The standard InChI is InChI=1S/C17H22ClN3O2S.ClH/c1-11-6-12(7-19)8-20(11)17(23)15-9-24-10-21(15)16(22)13-2-4-14(18)5-3-13;/h2-5,11-12,15H,6-10,19H2,1H3;1H. The Labute approximate surface area is 163 Å². The summed E-state index contributed by atoms with van der Waals surface area (Å²) in [6, 6.07) is 6.60. The van der Waals surface area contributed by atoms with Gasteiger partial charge < -0.3 is 15.5 Å². The minimum Gasteiger partial charge on any atom is -0.338 e. The molecule has 2 saturated heterocycles. The molecule has 25 heavy (non-hydrogen) atoms. The smallest absolute Gasteiger partial charge is 0.255 e. The first-order chi connectivity index (χ1) is 11.5. The third-order valence-corrected chi connectivity index (χ3v) is 6.06. The second-order valence-corrected chi connectivity index (χ2v) is 7.91. The predicted octanol–water partition coefficient (Wildman–Crippen LogP) is 2.47. The molecule has 2 amide bonds. The number of nitrogens with zero attached hydrogens (tertiary/aromatic N) is 2. The van der Waals surface area contributed by atoms with Gasteiger partial charge in [0.2, 0.25) is 5.91 Å². The summed E-state index contributed by atoms with van der Waals surface area (Å²) in [7, 11) is 0. The van der Waals surface area contributed by atoms with Crippen molar-refractivity contribution in [2.24, 2.45) is 11.7 Å². The van der Waals surface area contributed by atoms with Crippen LogP contribution in [0.5, 0.6) is 0 Å². The number of amides is 2. The van der Waals surface area contributed by atoms with Gasteiger partial charge in [-0.15, -0.1) is 24.2 Å². The van der Waals surface area contributed by atoms with Gasteiger partial charge in [-0.2, -0.15) is 0 Å². The lowest BCUT2D eigenvalue weighted by Crippen LogP contribution is -2.50. The molecule has 2 aliphatic heterocycles. The van der Waals surface area contributed by atoms with E-state index >= 15 is 0 Å². The summed E-state index contributed by atoms with van der Waals surface area (Å²) in [5.41, 5.74) is 6.32. The second-order valence-electron chi connectivity index (χ2n) is 6.47. The summed E-state index contributed by atoms with van der Waals surface area (Å²) >= 11 is 7.50. The van der Waals surface area contributed by atoms with Crippen LogP contribution < -0.4 is 5.73 Å². The Kier molecular flexibility index (Phi) is 7.02. The third kappa shape index (κ3) is 4.25. The van der Waals surface area contributed by atoms with E-state index in [4.69, 9.17) is 17.3 Å². The Morgan fingerprint density at radius 2 is 1.96 bits per heavy atom. The molecule has 2 aliphatic rings. The molecule has 138 valence electrons. The zero-order chi connectivity index (χ0) is 17.3. The Balaban J connectivity index is 0.00000225. The molecule has 0 aromatic heterocycles. The molecule has 0 radical (unpaired) electrons. The lowest BCUT2D eigenvalue weighted by Gasteiger charge is -2.29. The van der Waals surface area contributed by atoms with Gasteiger partial charge in [0.05, 0.1) is 5.88 Å². The van der Waals surface area contributed by atoms with Crippen LogP contribution in [0.4, 0.5) is 0 Å². The highest BCUT2D eigenvalue weighted by atomic mass is 35.5. The van der Waals surface area contributed by atoms with Gasteiger partial charge >= 0.3 is 0 Å². The fraction of sp³-hybridized carbons (Fsp3) is 0.529. The molecule has 5 nitrogen and oxygen atoms in total. The lowest BCUT2D eigenvalue weighted by molar-refractivity contribution is -0.135. The van der Waals surface area contributed by atoms with Gasteiger partial charge in [0.15, 0.2) is 0 Å². The highest BCUT2D eigenvalue weighted by Gasteiger charge is 2.41. The molecule has 2 heterocycles. The Bertz CT molecular complexity index is 629. The molecule has 1 aromatic rings. The van der Waals surface area contributed by atoms with Crippen molar-refractivity contribution in [2.45, 2.75) is 25.4 Å². The maximum Gasteiger partial charge on any atom is 0.255 e. The van der Waals surface area contributed by atoms with Crippen LogP contribution in [0, 0.1) is 5.92 Å². The number of hydrogen-bond acceptors (Lipinski definition) is 4. The predicted molar refractivity (Wildman–Crippen MR) is 104 cm³/mol. The Morgan fingerprint density at radius 3 is 2.56 bits per heavy atom. The monoisotopic (exact) mass is 403 g/mol. The van der Waals surface area contributed by atoms with Crippen LogP contribution in [-0.4, -0.2) is 58.4 Å². The summed E-state index contributed by atoms with van der Waals surface area (Å²) in [5.74, 6) is 1.48. The molecule has 2 fully saturated rings. The first kappa shape index (κ1) is 20.4. The number of hydrogen-bond donors (Lipinski definition) is 1. The molecule has 2 N–H and O–H groups in total. The second kappa shape index (κ2) is 8.62. The molecule has 0 spiro atoms. The summed E-state index contributed by atoms with van der Waals surface area (Å²) in [4.78, 5) is 29.3. The van der Waals surface area contributed by atoms with Crippen LogP contribution >= 0.6 is 35.8 Å². The van der Waals surface area contributed by atoms with E-state index in [-0.39, 0.29) is 30.3 Å². The van der Waals surface area contributed by atoms with Gasteiger partial charge in [0, 0.05) is 28.9 Å². The van der Waals surface area contributed by atoms with Gasteiger partial charge in [-0.25, -0.2) is 0 Å². The van der Waals surface area contributed by atoms with Crippen molar-refractivity contribution in [2.75, 3.05) is 24.7 Å². The van der Waals surface area contributed by atoms with E-state index in [1.54, 1.807) is 40.9 Å². The zero-order valence-electron chi connectivity index (χ0n) is 14.1. The Morgan fingerprint density at radius 1 is 1.28 bits per heavy atom. The summed E-state index contributed by atoms with van der Waals surface area (Å²) in [6.45, 7) is 3.35. The number of carbonyl (C=O) groups is 2. The van der Waals surface area contributed by atoms with E-state index in [1.807, 2.05) is 4.90 Å². The zero-order valence-corrected chi connectivity index (χ0v) is 16.4. The van der Waals surface area contributed by atoms with E-state index < -0.39 is 6.04 Å². The van der Waals surface area contributed by atoms with Crippen LogP contribution in [0.25, 0.3) is 0 Å². The fourth-order valence-corrected chi connectivity index (χ4v) is 4.69. The maximum absolute atomic E-state index is 13.0. The quantitative estimate of drug-likeness (QED) is 0.841. The van der Waals surface area contributed by atoms with Crippen molar-refractivity contribution in [3.8, 4) is 0 Å². The number of rotatable bonds is 3. The largest absolute Gasteiger partial charge is 0.338 e. The number of carbonyl (C=O) groups excluding carboxylic acids is 2. The number of benzene rings is 1. The minimum atomic E-state index is -0.392. The van der Waals surface area contributed by atoms with Crippen LogP contribution in [0.1, 0.15) is 23.7 Å². The molecule has 0 aliphatic carbocycles. The number of thioether (sulfide) groups is 1. The molecular weight excluding hydrogens is 381 g/mol. The number of likely N-dealkylation sites (tertiary alicyclic amines) is 1. The average Bonchev–Trinajstić information content (AvgIpc) is 3.20. The van der Waals surface area contributed by atoms with Crippen molar-refractivity contribution in [3.63, 3.8) is 0 Å². The van der Waals surface area contributed by atoms with Crippen molar-refractivity contribution in [1.29, 1.82) is 0 Å². The molecule has 3 atom stereocenters. The molecule has 0 saturated carbocycles. The molecule has 1 aromatic carbocycles. The minimum absolute atomic E-state index is 0. The van der Waals surface area contributed by atoms with Gasteiger partial charge in [-0.1, -0.05) is 11.6 Å². The maximum atomic E-state index is 13.0. The van der Waals surface area contributed by atoms with E-state index in [2.05, 4.69) is 6.92 Å².